The Kier molecular flexibility index (Phi) is 4.86. The molecule has 0 atom stereocenters. The number of rotatable bonds is 5. The molecule has 2 fully saturated rings. The third kappa shape index (κ3) is 3.54. The Morgan fingerprint density at radius 1 is 1.14 bits per heavy atom. The summed E-state index contributed by atoms with van der Waals surface area (Å²) in [6.45, 7) is -0.444. The zero-order valence-corrected chi connectivity index (χ0v) is 20.3. The predicted molar refractivity (Wildman–Crippen MR) is 123 cm³/mol. The summed E-state index contributed by atoms with van der Waals surface area (Å²) in [6.07, 6.45) is 9.41. The molecule has 1 saturated carbocycles. The van der Waals surface area contributed by atoms with Crippen LogP contribution in [0.4, 0.5) is 13.2 Å². The Morgan fingerprint density at radius 2 is 1.89 bits per heavy atom. The molecule has 192 valence electrons. The van der Waals surface area contributed by atoms with Crippen LogP contribution in [0.2, 0.25) is 0 Å². The molecule has 1 saturated heterocycles. The highest BCUT2D eigenvalue weighted by atomic mass is 32.2. The van der Waals surface area contributed by atoms with Gasteiger partial charge in [-0.05, 0) is 25.0 Å². The highest BCUT2D eigenvalue weighted by Gasteiger charge is 2.66. The number of fused-ring (bicyclic) bond motifs is 1. The lowest BCUT2D eigenvalue weighted by molar-refractivity contribution is -0.117. The van der Waals surface area contributed by atoms with Gasteiger partial charge < -0.3 is 0 Å². The van der Waals surface area contributed by atoms with E-state index in [0.29, 0.717) is 39.8 Å². The first-order valence-corrected chi connectivity index (χ1v) is 12.7. The average molecular weight is 532 g/mol. The molecule has 6 rings (SSSR count). The van der Waals surface area contributed by atoms with E-state index in [1.807, 2.05) is 18.3 Å². The summed E-state index contributed by atoms with van der Waals surface area (Å²) in [5.41, 5.74) is -3.36. The molecule has 0 aromatic carbocycles. The van der Waals surface area contributed by atoms with E-state index >= 15 is 0 Å². The van der Waals surface area contributed by atoms with Crippen LogP contribution in [-0.2, 0) is 22.6 Å². The number of hydrogen-bond acceptors (Lipinski definition) is 7. The van der Waals surface area contributed by atoms with Gasteiger partial charge in [0.05, 0.1) is 47.8 Å². The van der Waals surface area contributed by atoms with Gasteiger partial charge in [0, 0.05) is 43.5 Å². The van der Waals surface area contributed by atoms with Crippen molar-refractivity contribution in [2.45, 2.75) is 30.3 Å². The fraction of sp³-hybridized carbons (Fsp3) is 0.409. The summed E-state index contributed by atoms with van der Waals surface area (Å²) in [7, 11) is -3.54. The Hall–Kier alpha value is -3.77. The fourth-order valence-corrected chi connectivity index (χ4v) is 6.80. The first-order chi connectivity index (χ1) is 17.5. The molecular weight excluding hydrogens is 511 g/mol. The lowest BCUT2D eigenvalue weighted by atomic mass is 9.53. The van der Waals surface area contributed by atoms with Gasteiger partial charge in [0.1, 0.15) is 11.4 Å². The van der Waals surface area contributed by atoms with Crippen LogP contribution in [-0.4, -0.2) is 65.5 Å². The van der Waals surface area contributed by atoms with Crippen LogP contribution >= 0.6 is 0 Å². The molecule has 15 heteroatoms. The van der Waals surface area contributed by atoms with Crippen LogP contribution in [0.5, 0.6) is 0 Å². The number of aryl methyl sites for hydroxylation is 1. The van der Waals surface area contributed by atoms with Crippen molar-refractivity contribution in [2.75, 3.05) is 13.1 Å². The van der Waals surface area contributed by atoms with E-state index in [4.69, 9.17) is 4.98 Å². The second-order valence-corrected chi connectivity index (χ2v) is 11.7. The molecule has 4 aromatic heterocycles. The summed E-state index contributed by atoms with van der Waals surface area (Å²) in [4.78, 5) is 4.79. The van der Waals surface area contributed by atoms with Crippen molar-refractivity contribution < 1.29 is 21.6 Å². The van der Waals surface area contributed by atoms with Crippen molar-refractivity contribution in [3.8, 4) is 28.7 Å². The first-order valence-electron chi connectivity index (χ1n) is 11.3. The molecule has 0 N–H and O–H groups in total. The van der Waals surface area contributed by atoms with Gasteiger partial charge in [-0.15, -0.1) is 0 Å². The third-order valence-electron chi connectivity index (χ3n) is 7.18. The summed E-state index contributed by atoms with van der Waals surface area (Å²) in [5, 5.41) is 22.7. The van der Waals surface area contributed by atoms with Crippen LogP contribution in [0, 0.1) is 16.7 Å². The predicted octanol–water partition coefficient (Wildman–Crippen LogP) is 2.55. The normalized spacial score (nSPS) is 19.0. The summed E-state index contributed by atoms with van der Waals surface area (Å²) in [5.74, 6) is 0. The van der Waals surface area contributed by atoms with E-state index in [1.165, 1.54) is 0 Å². The largest absolute Gasteiger partial charge is 0.511 e. The minimum absolute atomic E-state index is 0.0887. The average Bonchev–Trinajstić information content (AvgIpc) is 3.53. The second-order valence-electron chi connectivity index (χ2n) is 9.82. The lowest BCUT2D eigenvalue weighted by Gasteiger charge is -2.62. The maximum atomic E-state index is 12.9. The topological polar surface area (TPSA) is 127 Å². The molecule has 5 heterocycles. The van der Waals surface area contributed by atoms with Crippen molar-refractivity contribution in [1.82, 2.24) is 38.5 Å². The molecule has 37 heavy (non-hydrogen) atoms. The van der Waals surface area contributed by atoms with Gasteiger partial charge in [-0.1, -0.05) is 0 Å². The van der Waals surface area contributed by atoms with Crippen molar-refractivity contribution >= 4 is 15.5 Å². The fourth-order valence-electron chi connectivity index (χ4n) is 5.62. The molecule has 0 bridgehead atoms. The Bertz CT molecular complexity index is 1660. The summed E-state index contributed by atoms with van der Waals surface area (Å²) in [6, 6.07) is 5.80. The lowest BCUT2D eigenvalue weighted by Crippen LogP contribution is -2.70. The maximum absolute atomic E-state index is 12.9. The van der Waals surface area contributed by atoms with E-state index in [9.17, 15) is 26.9 Å². The van der Waals surface area contributed by atoms with E-state index in [1.54, 1.807) is 45.7 Å². The zero-order chi connectivity index (χ0) is 26.2. The van der Waals surface area contributed by atoms with Crippen LogP contribution in [0.25, 0.3) is 28.2 Å². The van der Waals surface area contributed by atoms with Gasteiger partial charge in [0.15, 0.2) is 0 Å². The van der Waals surface area contributed by atoms with E-state index in [2.05, 4.69) is 21.4 Å². The Balaban J connectivity index is 1.30. The molecule has 1 aliphatic carbocycles. The number of sulfonamides is 1. The van der Waals surface area contributed by atoms with E-state index < -0.39 is 26.5 Å². The SMILES string of the molecule is Cn1ccc(-c2cn3nccc3c(-c3cnn(C4(CC#N)CC5(CN(S(=O)(=O)C(F)(F)F)C5)C4)c3)n2)n1. The van der Waals surface area contributed by atoms with Gasteiger partial charge in [-0.3, -0.25) is 9.36 Å². The number of hydrogen-bond donors (Lipinski definition) is 0. The standard InChI is InChI=1S/C22H20F3N9O2S/c1-31-7-3-16(30-31)17-10-33-18(2-6-27-33)19(29-17)15-8-28-34(9-15)21(4-5-26)11-20(12-21)13-32(14-20)37(35,36)22(23,24)25/h2-3,6-10H,4,11-14H2,1H3. The number of nitrogens with zero attached hydrogens (tertiary/aromatic N) is 9. The van der Waals surface area contributed by atoms with Crippen LogP contribution < -0.4 is 0 Å². The van der Waals surface area contributed by atoms with Crippen molar-refractivity contribution in [3.05, 3.63) is 43.1 Å². The highest BCUT2D eigenvalue weighted by molar-refractivity contribution is 7.90. The van der Waals surface area contributed by atoms with Crippen LogP contribution in [0.15, 0.2) is 43.1 Å². The quantitative estimate of drug-likeness (QED) is 0.387. The van der Waals surface area contributed by atoms with Gasteiger partial charge in [-0.2, -0.15) is 38.0 Å². The molecule has 0 amide bonds. The first kappa shape index (κ1) is 23.6. The van der Waals surface area contributed by atoms with Crippen molar-refractivity contribution in [3.63, 3.8) is 0 Å². The molecule has 1 aliphatic heterocycles. The van der Waals surface area contributed by atoms with Gasteiger partial charge in [0.25, 0.3) is 0 Å². The van der Waals surface area contributed by atoms with Crippen molar-refractivity contribution in [1.29, 1.82) is 5.26 Å². The molecule has 11 nitrogen and oxygen atoms in total. The molecule has 0 unspecified atom stereocenters. The van der Waals surface area contributed by atoms with Crippen LogP contribution in [0.3, 0.4) is 0 Å². The highest BCUT2D eigenvalue weighted by Crippen LogP contribution is 2.60. The Morgan fingerprint density at radius 3 is 2.54 bits per heavy atom. The molecular formula is C22H20F3N9O2S. The minimum Gasteiger partial charge on any atom is -0.275 e. The van der Waals surface area contributed by atoms with Gasteiger partial charge in [-0.25, -0.2) is 17.9 Å². The number of halogens is 3. The van der Waals surface area contributed by atoms with Gasteiger partial charge in [0.2, 0.25) is 0 Å². The third-order valence-corrected chi connectivity index (χ3v) is 8.70. The number of nitriles is 1. The molecule has 4 aromatic rings. The molecule has 1 spiro atoms. The van der Waals surface area contributed by atoms with Crippen molar-refractivity contribution in [2.24, 2.45) is 12.5 Å². The zero-order valence-electron chi connectivity index (χ0n) is 19.5. The monoisotopic (exact) mass is 531 g/mol. The maximum Gasteiger partial charge on any atom is 0.511 e. The second kappa shape index (κ2) is 7.62. The smallest absolute Gasteiger partial charge is 0.275 e. The number of aromatic nitrogens is 7. The molecule has 0 radical (unpaired) electrons. The Labute approximate surface area is 208 Å². The van der Waals surface area contributed by atoms with E-state index in [0.717, 1.165) is 5.52 Å². The minimum atomic E-state index is -5.35. The molecule has 2 aliphatic rings. The summed E-state index contributed by atoms with van der Waals surface area (Å²) < 4.78 is 67.6. The number of alkyl halides is 3. The van der Waals surface area contributed by atoms with E-state index in [-0.39, 0.29) is 19.5 Å². The summed E-state index contributed by atoms with van der Waals surface area (Å²) >= 11 is 0. The van der Waals surface area contributed by atoms with Crippen LogP contribution in [0.1, 0.15) is 19.3 Å². The van der Waals surface area contributed by atoms with Gasteiger partial charge >= 0.3 is 15.5 Å².